The van der Waals surface area contributed by atoms with E-state index >= 15 is 0 Å². The Hall–Kier alpha value is -1.47. The van der Waals surface area contributed by atoms with Crippen molar-refractivity contribution in [1.82, 2.24) is 0 Å². The molecule has 3 nitrogen and oxygen atoms in total. The zero-order valence-corrected chi connectivity index (χ0v) is 8.51. The van der Waals surface area contributed by atoms with E-state index in [1.165, 1.54) is 6.07 Å². The van der Waals surface area contributed by atoms with Crippen molar-refractivity contribution >= 4 is 18.6 Å². The first kappa shape index (κ1) is 10.6. The third-order valence-corrected chi connectivity index (χ3v) is 2.19. The second kappa shape index (κ2) is 4.16. The lowest BCUT2D eigenvalue weighted by Crippen LogP contribution is -2.03. The molecule has 0 bridgehead atoms. The van der Waals surface area contributed by atoms with Crippen molar-refractivity contribution in [3.8, 4) is 6.07 Å². The van der Waals surface area contributed by atoms with Crippen LogP contribution in [0.5, 0.6) is 0 Å². The van der Waals surface area contributed by atoms with Crippen LogP contribution in [0.15, 0.2) is 17.0 Å². The summed E-state index contributed by atoms with van der Waals surface area (Å²) in [6, 6.07) is 5.02. The summed E-state index contributed by atoms with van der Waals surface area (Å²) in [7, 11) is 0. The SMILES string of the molecule is CCc1cc(S)cc(C(=O)O)c1C#N. The van der Waals surface area contributed by atoms with Gasteiger partial charge in [0.15, 0.2) is 0 Å². The van der Waals surface area contributed by atoms with Gasteiger partial charge in [-0.15, -0.1) is 12.6 Å². The standard InChI is InChI=1S/C10H9NO2S/c1-2-6-3-7(14)4-8(10(12)13)9(6)5-11/h3-4,14H,2H2,1H3,(H,12,13). The quantitative estimate of drug-likeness (QED) is 0.730. The summed E-state index contributed by atoms with van der Waals surface area (Å²) in [5.74, 6) is -1.09. The van der Waals surface area contributed by atoms with Crippen LogP contribution in [0.2, 0.25) is 0 Å². The first-order chi connectivity index (χ1) is 6.60. The molecule has 0 aliphatic rings. The van der Waals surface area contributed by atoms with Gasteiger partial charge < -0.3 is 5.11 Å². The van der Waals surface area contributed by atoms with E-state index in [1.807, 2.05) is 13.0 Å². The van der Waals surface area contributed by atoms with Gasteiger partial charge in [-0.2, -0.15) is 5.26 Å². The number of carboxylic acids is 1. The minimum atomic E-state index is -1.09. The molecule has 1 aromatic carbocycles. The zero-order valence-electron chi connectivity index (χ0n) is 7.61. The molecule has 0 saturated carbocycles. The molecule has 1 aromatic rings. The number of nitriles is 1. The van der Waals surface area contributed by atoms with Crippen molar-refractivity contribution in [1.29, 1.82) is 5.26 Å². The Morgan fingerprint density at radius 3 is 2.71 bits per heavy atom. The molecule has 0 unspecified atom stereocenters. The largest absolute Gasteiger partial charge is 0.478 e. The average molecular weight is 207 g/mol. The van der Waals surface area contributed by atoms with E-state index in [0.717, 1.165) is 5.56 Å². The average Bonchev–Trinajstić information content (AvgIpc) is 2.16. The van der Waals surface area contributed by atoms with E-state index in [-0.39, 0.29) is 11.1 Å². The fourth-order valence-corrected chi connectivity index (χ4v) is 1.55. The van der Waals surface area contributed by atoms with Crippen LogP contribution >= 0.6 is 12.6 Å². The Morgan fingerprint density at radius 2 is 2.29 bits per heavy atom. The Morgan fingerprint density at radius 1 is 1.64 bits per heavy atom. The van der Waals surface area contributed by atoms with Gasteiger partial charge >= 0.3 is 5.97 Å². The molecule has 4 heteroatoms. The Balaban J connectivity index is 3.49. The van der Waals surface area contributed by atoms with Crippen LogP contribution in [-0.2, 0) is 6.42 Å². The van der Waals surface area contributed by atoms with E-state index in [9.17, 15) is 4.79 Å². The van der Waals surface area contributed by atoms with Gasteiger partial charge in [0.1, 0.15) is 6.07 Å². The van der Waals surface area contributed by atoms with Gasteiger partial charge in [-0.25, -0.2) is 4.79 Å². The third kappa shape index (κ3) is 1.88. The monoisotopic (exact) mass is 207 g/mol. The number of aryl methyl sites for hydroxylation is 1. The number of hydrogen-bond donors (Lipinski definition) is 2. The second-order valence-electron chi connectivity index (χ2n) is 2.80. The van der Waals surface area contributed by atoms with Crippen LogP contribution in [0, 0.1) is 11.3 Å². The maximum Gasteiger partial charge on any atom is 0.337 e. The number of nitrogens with zero attached hydrogens (tertiary/aromatic N) is 1. The summed E-state index contributed by atoms with van der Waals surface area (Å²) in [5, 5.41) is 17.7. The molecule has 0 atom stereocenters. The fourth-order valence-electron chi connectivity index (χ4n) is 1.26. The summed E-state index contributed by atoms with van der Waals surface area (Å²) in [6.07, 6.45) is 0.623. The van der Waals surface area contributed by atoms with Gasteiger partial charge in [-0.3, -0.25) is 0 Å². The van der Waals surface area contributed by atoms with Gasteiger partial charge in [-0.05, 0) is 24.1 Å². The lowest BCUT2D eigenvalue weighted by molar-refractivity contribution is 0.0696. The molecular formula is C10H9NO2S. The van der Waals surface area contributed by atoms with E-state index in [4.69, 9.17) is 10.4 Å². The summed E-state index contributed by atoms with van der Waals surface area (Å²) < 4.78 is 0. The van der Waals surface area contributed by atoms with Gasteiger partial charge in [0.05, 0.1) is 11.1 Å². The summed E-state index contributed by atoms with van der Waals surface area (Å²) in [4.78, 5) is 11.4. The van der Waals surface area contributed by atoms with Crippen LogP contribution in [-0.4, -0.2) is 11.1 Å². The van der Waals surface area contributed by atoms with Crippen LogP contribution in [0.4, 0.5) is 0 Å². The Bertz CT molecular complexity index is 421. The van der Waals surface area contributed by atoms with Gasteiger partial charge in [0.25, 0.3) is 0 Å². The normalized spacial score (nSPS) is 9.50. The third-order valence-electron chi connectivity index (χ3n) is 1.93. The van der Waals surface area contributed by atoms with E-state index in [1.54, 1.807) is 6.07 Å². The molecule has 0 aromatic heterocycles. The topological polar surface area (TPSA) is 61.1 Å². The lowest BCUT2D eigenvalue weighted by atomic mass is 10.0. The van der Waals surface area contributed by atoms with Gasteiger partial charge in [0.2, 0.25) is 0 Å². The minimum absolute atomic E-state index is 0.0249. The highest BCUT2D eigenvalue weighted by Crippen LogP contribution is 2.20. The molecule has 14 heavy (non-hydrogen) atoms. The fraction of sp³-hybridized carbons (Fsp3) is 0.200. The molecule has 0 spiro atoms. The number of carboxylic acid groups (broad SMARTS) is 1. The van der Waals surface area contributed by atoms with Crippen molar-refractivity contribution < 1.29 is 9.90 Å². The molecule has 0 aliphatic heterocycles. The lowest BCUT2D eigenvalue weighted by Gasteiger charge is -2.05. The van der Waals surface area contributed by atoms with Gasteiger partial charge in [0, 0.05) is 4.90 Å². The van der Waals surface area contributed by atoms with Crippen molar-refractivity contribution in [2.24, 2.45) is 0 Å². The molecule has 0 aliphatic carbocycles. The van der Waals surface area contributed by atoms with Crippen molar-refractivity contribution in [3.63, 3.8) is 0 Å². The molecule has 1 N–H and O–H groups in total. The minimum Gasteiger partial charge on any atom is -0.478 e. The maximum atomic E-state index is 10.8. The highest BCUT2D eigenvalue weighted by molar-refractivity contribution is 7.80. The molecule has 0 amide bonds. The molecular weight excluding hydrogens is 198 g/mol. The molecule has 0 radical (unpaired) electrons. The maximum absolute atomic E-state index is 10.8. The van der Waals surface area contributed by atoms with Crippen LogP contribution in [0.25, 0.3) is 0 Å². The number of carbonyl (C=O) groups is 1. The Kier molecular flexibility index (Phi) is 3.15. The van der Waals surface area contributed by atoms with E-state index in [0.29, 0.717) is 11.3 Å². The summed E-state index contributed by atoms with van der Waals surface area (Å²) >= 11 is 4.09. The first-order valence-corrected chi connectivity index (χ1v) is 4.54. The molecule has 0 heterocycles. The number of aromatic carboxylic acids is 1. The first-order valence-electron chi connectivity index (χ1n) is 4.09. The highest BCUT2D eigenvalue weighted by Gasteiger charge is 2.13. The van der Waals surface area contributed by atoms with Crippen molar-refractivity contribution in [2.75, 3.05) is 0 Å². The Labute approximate surface area is 87.4 Å². The number of rotatable bonds is 2. The molecule has 72 valence electrons. The van der Waals surface area contributed by atoms with Crippen LogP contribution < -0.4 is 0 Å². The summed E-state index contributed by atoms with van der Waals surface area (Å²) in [5.41, 5.74) is 0.979. The zero-order chi connectivity index (χ0) is 10.7. The van der Waals surface area contributed by atoms with E-state index in [2.05, 4.69) is 12.6 Å². The molecule has 0 saturated heterocycles. The highest BCUT2D eigenvalue weighted by atomic mass is 32.1. The number of benzene rings is 1. The second-order valence-corrected chi connectivity index (χ2v) is 3.31. The van der Waals surface area contributed by atoms with Crippen LogP contribution in [0.3, 0.4) is 0 Å². The molecule has 0 fully saturated rings. The predicted molar refractivity (Wildman–Crippen MR) is 54.7 cm³/mol. The smallest absolute Gasteiger partial charge is 0.337 e. The molecule has 1 rings (SSSR count). The van der Waals surface area contributed by atoms with Crippen LogP contribution in [0.1, 0.15) is 28.4 Å². The predicted octanol–water partition coefficient (Wildman–Crippen LogP) is 2.11. The van der Waals surface area contributed by atoms with Crippen molar-refractivity contribution in [3.05, 3.63) is 28.8 Å². The van der Waals surface area contributed by atoms with Gasteiger partial charge in [-0.1, -0.05) is 6.92 Å². The van der Waals surface area contributed by atoms with E-state index < -0.39 is 5.97 Å². The summed E-state index contributed by atoms with van der Waals surface area (Å²) in [6.45, 7) is 1.87. The number of hydrogen-bond acceptors (Lipinski definition) is 3. The van der Waals surface area contributed by atoms with Crippen molar-refractivity contribution in [2.45, 2.75) is 18.2 Å². The number of thiol groups is 1.